The first-order valence-electron chi connectivity index (χ1n) is 3.30. The first-order chi connectivity index (χ1) is 3.86. The molecule has 0 amide bonds. The average Bonchev–Trinajstić information content (AvgIpc) is 2.23. The smallest absolute Gasteiger partial charge is 0.00592 e. The number of rotatable bonds is 0. The quantitative estimate of drug-likeness (QED) is 0.414. The molecule has 0 heteroatoms. The van der Waals surface area contributed by atoms with Crippen molar-refractivity contribution in [2.75, 3.05) is 0 Å². The molecule has 0 aromatic heterocycles. The molecule has 2 atom stereocenters. The summed E-state index contributed by atoms with van der Waals surface area (Å²) in [5.74, 6) is 1.49. The van der Waals surface area contributed by atoms with Gasteiger partial charge >= 0.3 is 0 Å². The fraction of sp³-hybridized carbons (Fsp3) is 0.625. The lowest BCUT2D eigenvalue weighted by molar-refractivity contribution is 0.572. The van der Waals surface area contributed by atoms with Gasteiger partial charge in [0.05, 0.1) is 0 Å². The molecule has 2 aliphatic carbocycles. The highest BCUT2D eigenvalue weighted by atomic mass is 14.4. The van der Waals surface area contributed by atoms with Crippen LogP contribution < -0.4 is 0 Å². The van der Waals surface area contributed by atoms with E-state index in [0.29, 0.717) is 5.92 Å². The van der Waals surface area contributed by atoms with Crippen LogP contribution in [0.3, 0.4) is 0 Å². The average molecular weight is 106 g/mol. The van der Waals surface area contributed by atoms with Gasteiger partial charge in [0, 0.05) is 0 Å². The number of hydrogen-bond acceptors (Lipinski definition) is 0. The second-order valence-electron chi connectivity index (χ2n) is 2.86. The third-order valence-corrected chi connectivity index (χ3v) is 2.24. The van der Waals surface area contributed by atoms with Crippen molar-refractivity contribution in [3.8, 4) is 0 Å². The molecule has 2 aliphatic rings. The molecule has 42 valence electrons. The Morgan fingerprint density at radius 3 is 2.62 bits per heavy atom. The van der Waals surface area contributed by atoms with Gasteiger partial charge in [0.15, 0.2) is 0 Å². The molecule has 2 radical (unpaired) electrons. The van der Waals surface area contributed by atoms with E-state index < -0.39 is 0 Å². The van der Waals surface area contributed by atoms with Gasteiger partial charge in [0.2, 0.25) is 0 Å². The van der Waals surface area contributed by atoms with Crippen LogP contribution in [0.15, 0.2) is 12.2 Å². The lowest BCUT2D eigenvalue weighted by Gasteiger charge is -2.09. The molecular formula is C8H10. The van der Waals surface area contributed by atoms with E-state index in [4.69, 9.17) is 0 Å². The van der Waals surface area contributed by atoms with Crippen molar-refractivity contribution in [1.82, 2.24) is 0 Å². The maximum atomic E-state index is 3.97. The van der Waals surface area contributed by atoms with Crippen LogP contribution in [0.4, 0.5) is 0 Å². The largest absolute Gasteiger partial charge is 0.0995 e. The summed E-state index contributed by atoms with van der Waals surface area (Å²) in [6.07, 6.45) is 7.43. The molecule has 2 unspecified atom stereocenters. The van der Waals surface area contributed by atoms with Crippen molar-refractivity contribution < 1.29 is 0 Å². The fourth-order valence-electron chi connectivity index (χ4n) is 1.76. The van der Waals surface area contributed by atoms with E-state index >= 15 is 0 Å². The number of allylic oxidation sites excluding steroid dienone is 1. The Labute approximate surface area is 50.6 Å². The first-order valence-corrected chi connectivity index (χ1v) is 3.30. The van der Waals surface area contributed by atoms with E-state index in [1.807, 2.05) is 0 Å². The Hall–Kier alpha value is -0.260. The molecule has 0 aromatic rings. The second kappa shape index (κ2) is 1.37. The summed E-state index contributed by atoms with van der Waals surface area (Å²) in [4.78, 5) is 0. The van der Waals surface area contributed by atoms with Gasteiger partial charge in [-0.3, -0.25) is 0 Å². The minimum absolute atomic E-state index is 0.694. The molecule has 8 heavy (non-hydrogen) atoms. The summed E-state index contributed by atoms with van der Waals surface area (Å²) in [5, 5.41) is 0. The zero-order valence-corrected chi connectivity index (χ0v) is 4.98. The van der Waals surface area contributed by atoms with Crippen molar-refractivity contribution in [2.24, 2.45) is 11.8 Å². The zero-order chi connectivity index (χ0) is 5.56. The summed E-state index contributed by atoms with van der Waals surface area (Å²) in [6.45, 7) is 3.97. The van der Waals surface area contributed by atoms with E-state index in [0.717, 1.165) is 5.92 Å². The monoisotopic (exact) mass is 106 g/mol. The van der Waals surface area contributed by atoms with Crippen LogP contribution in [0.2, 0.25) is 0 Å². The summed E-state index contributed by atoms with van der Waals surface area (Å²) < 4.78 is 0. The molecule has 2 bridgehead atoms. The molecular weight excluding hydrogens is 96.1 g/mol. The van der Waals surface area contributed by atoms with Crippen molar-refractivity contribution in [3.05, 3.63) is 18.6 Å². The first kappa shape index (κ1) is 4.60. The predicted octanol–water partition coefficient (Wildman–Crippen LogP) is 2.05. The van der Waals surface area contributed by atoms with Crippen LogP contribution in [0.5, 0.6) is 0 Å². The normalized spacial score (nSPS) is 43.8. The van der Waals surface area contributed by atoms with E-state index in [2.05, 4.69) is 13.0 Å². The third-order valence-electron chi connectivity index (χ3n) is 2.24. The molecule has 2 rings (SSSR count). The molecule has 2 saturated carbocycles. The van der Waals surface area contributed by atoms with Gasteiger partial charge in [-0.25, -0.2) is 0 Å². The van der Waals surface area contributed by atoms with E-state index in [1.165, 1.54) is 24.8 Å². The minimum Gasteiger partial charge on any atom is -0.0995 e. The highest BCUT2D eigenvalue weighted by molar-refractivity contribution is 5.20. The maximum absolute atomic E-state index is 3.97. The van der Waals surface area contributed by atoms with Crippen LogP contribution in [-0.4, -0.2) is 0 Å². The molecule has 0 saturated heterocycles. The summed E-state index contributed by atoms with van der Waals surface area (Å²) in [6, 6.07) is 0. The van der Waals surface area contributed by atoms with Crippen LogP contribution in [-0.2, 0) is 0 Å². The Bertz CT molecular complexity index is 124. The van der Waals surface area contributed by atoms with Crippen molar-refractivity contribution in [2.45, 2.75) is 19.3 Å². The van der Waals surface area contributed by atoms with Crippen LogP contribution >= 0.6 is 0 Å². The SMILES string of the molecule is C=C1CC2[C]C1CC2. The Kier molecular flexibility index (Phi) is 0.787. The minimum atomic E-state index is 0.694. The third kappa shape index (κ3) is 0.460. The van der Waals surface area contributed by atoms with Crippen LogP contribution in [0.1, 0.15) is 19.3 Å². The standard InChI is InChI=1S/C8H10/c1-6-4-7-2-3-8(6)5-7/h7-8H,1-4H2. The molecule has 0 spiro atoms. The fourth-order valence-corrected chi connectivity index (χ4v) is 1.76. The van der Waals surface area contributed by atoms with E-state index in [1.54, 1.807) is 0 Å². The van der Waals surface area contributed by atoms with Gasteiger partial charge in [-0.05, 0) is 37.5 Å². The van der Waals surface area contributed by atoms with Crippen molar-refractivity contribution in [1.29, 1.82) is 0 Å². The number of fused-ring (bicyclic) bond motifs is 2. The Morgan fingerprint density at radius 1 is 1.50 bits per heavy atom. The van der Waals surface area contributed by atoms with Crippen molar-refractivity contribution >= 4 is 0 Å². The Morgan fingerprint density at radius 2 is 2.38 bits per heavy atom. The summed E-state index contributed by atoms with van der Waals surface area (Å²) in [7, 11) is 0. The molecule has 0 aromatic carbocycles. The second-order valence-corrected chi connectivity index (χ2v) is 2.86. The lowest BCUT2D eigenvalue weighted by Crippen LogP contribution is -1.95. The zero-order valence-electron chi connectivity index (χ0n) is 4.98. The predicted molar refractivity (Wildman–Crippen MR) is 33.2 cm³/mol. The van der Waals surface area contributed by atoms with E-state index in [-0.39, 0.29) is 0 Å². The van der Waals surface area contributed by atoms with Gasteiger partial charge in [-0.15, -0.1) is 0 Å². The molecule has 0 aliphatic heterocycles. The van der Waals surface area contributed by atoms with Crippen molar-refractivity contribution in [3.63, 3.8) is 0 Å². The summed E-state index contributed by atoms with van der Waals surface area (Å²) >= 11 is 0. The van der Waals surface area contributed by atoms with Gasteiger partial charge in [-0.2, -0.15) is 0 Å². The lowest BCUT2D eigenvalue weighted by atomic mass is 9.96. The number of hydrogen-bond donors (Lipinski definition) is 0. The molecule has 2 fully saturated rings. The van der Waals surface area contributed by atoms with Gasteiger partial charge < -0.3 is 0 Å². The highest BCUT2D eigenvalue weighted by Gasteiger charge is 2.34. The van der Waals surface area contributed by atoms with Crippen LogP contribution in [0, 0.1) is 18.3 Å². The van der Waals surface area contributed by atoms with Gasteiger partial charge in [0.1, 0.15) is 0 Å². The van der Waals surface area contributed by atoms with Gasteiger partial charge in [-0.1, -0.05) is 12.2 Å². The Balaban J connectivity index is 2.22. The molecule has 0 heterocycles. The molecule has 0 nitrogen and oxygen atoms in total. The van der Waals surface area contributed by atoms with E-state index in [9.17, 15) is 0 Å². The van der Waals surface area contributed by atoms with Gasteiger partial charge in [0.25, 0.3) is 0 Å². The molecule has 0 N–H and O–H groups in total. The summed E-state index contributed by atoms with van der Waals surface area (Å²) in [5.41, 5.74) is 1.43. The maximum Gasteiger partial charge on any atom is -0.00592 e. The topological polar surface area (TPSA) is 0 Å². The highest BCUT2D eigenvalue weighted by Crippen LogP contribution is 2.46. The van der Waals surface area contributed by atoms with Crippen LogP contribution in [0.25, 0.3) is 0 Å².